The van der Waals surface area contributed by atoms with Gasteiger partial charge in [0.05, 0.1) is 0 Å². The summed E-state index contributed by atoms with van der Waals surface area (Å²) >= 11 is 0.243. The van der Waals surface area contributed by atoms with Crippen LogP contribution in [-0.4, -0.2) is 29.5 Å². The van der Waals surface area contributed by atoms with E-state index in [1.165, 1.54) is 40.8 Å². The average molecular weight is 653 g/mol. The van der Waals surface area contributed by atoms with Gasteiger partial charge < -0.3 is 4.42 Å². The van der Waals surface area contributed by atoms with E-state index in [4.69, 9.17) is 19.4 Å². The third-order valence-corrected chi connectivity index (χ3v) is 11.4. The van der Waals surface area contributed by atoms with Crippen molar-refractivity contribution in [2.75, 3.05) is 0 Å². The summed E-state index contributed by atoms with van der Waals surface area (Å²) in [4.78, 5) is 15.2. The van der Waals surface area contributed by atoms with Crippen LogP contribution in [0.15, 0.2) is 144 Å². The topological polar surface area (TPSA) is 51.8 Å². The summed E-state index contributed by atoms with van der Waals surface area (Å²) in [5, 5.41) is 9.89. The molecule has 3 aromatic heterocycles. The summed E-state index contributed by atoms with van der Waals surface area (Å²) < 4.78 is 9.01. The SMILES string of the molecule is c1ccc(-c2nc(-c3ccc4oc5ccccc5c4c3)nc(-c3ccc4ccc5ccc6c7ccccc7[se]c6c5c4c3)n2)cc1. The minimum absolute atomic E-state index is 0.243. The van der Waals surface area contributed by atoms with Gasteiger partial charge in [0.2, 0.25) is 0 Å². The predicted molar refractivity (Wildman–Crippen MR) is 190 cm³/mol. The minimum atomic E-state index is 0.243. The van der Waals surface area contributed by atoms with E-state index in [1.807, 2.05) is 60.7 Å². The van der Waals surface area contributed by atoms with Gasteiger partial charge in [-0.1, -0.05) is 18.2 Å². The molecular weight excluding hydrogens is 629 g/mol. The van der Waals surface area contributed by atoms with Crippen LogP contribution in [0.3, 0.4) is 0 Å². The molecule has 0 radical (unpaired) electrons. The Balaban J connectivity index is 1.22. The number of para-hydroxylation sites is 1. The van der Waals surface area contributed by atoms with Crippen molar-refractivity contribution in [3.05, 3.63) is 140 Å². The van der Waals surface area contributed by atoms with Crippen LogP contribution in [0.5, 0.6) is 0 Å². The van der Waals surface area contributed by atoms with E-state index in [0.29, 0.717) is 17.5 Å². The zero-order chi connectivity index (χ0) is 30.2. The summed E-state index contributed by atoms with van der Waals surface area (Å²) in [7, 11) is 0. The molecule has 7 aromatic carbocycles. The second-order valence-corrected chi connectivity index (χ2v) is 13.8. The number of aromatic nitrogens is 3. The van der Waals surface area contributed by atoms with Crippen LogP contribution in [-0.2, 0) is 0 Å². The van der Waals surface area contributed by atoms with Gasteiger partial charge in [0.15, 0.2) is 0 Å². The third-order valence-electron chi connectivity index (χ3n) is 8.90. The van der Waals surface area contributed by atoms with Gasteiger partial charge in [-0.2, -0.15) is 0 Å². The number of hydrogen-bond donors (Lipinski definition) is 0. The first-order chi connectivity index (χ1) is 22.8. The quantitative estimate of drug-likeness (QED) is 0.141. The zero-order valence-corrected chi connectivity index (χ0v) is 26.2. The monoisotopic (exact) mass is 653 g/mol. The van der Waals surface area contributed by atoms with Crippen molar-refractivity contribution < 1.29 is 4.42 Å². The van der Waals surface area contributed by atoms with E-state index < -0.39 is 0 Å². The van der Waals surface area contributed by atoms with Gasteiger partial charge in [-0.15, -0.1) is 0 Å². The molecule has 0 aliphatic heterocycles. The molecule has 214 valence electrons. The number of benzene rings is 7. The molecule has 0 bridgehead atoms. The second kappa shape index (κ2) is 9.95. The first-order valence-corrected chi connectivity index (χ1v) is 17.0. The van der Waals surface area contributed by atoms with E-state index in [0.717, 1.165) is 38.6 Å². The summed E-state index contributed by atoms with van der Waals surface area (Å²) in [5.41, 5.74) is 4.56. The van der Waals surface area contributed by atoms with Crippen molar-refractivity contribution in [1.29, 1.82) is 0 Å². The molecule has 0 fully saturated rings. The molecule has 0 aliphatic carbocycles. The normalized spacial score (nSPS) is 11.9. The molecule has 46 heavy (non-hydrogen) atoms. The summed E-state index contributed by atoms with van der Waals surface area (Å²) in [6.07, 6.45) is 0. The molecule has 10 rings (SSSR count). The van der Waals surface area contributed by atoms with Crippen molar-refractivity contribution in [3.63, 3.8) is 0 Å². The molecule has 0 spiro atoms. The fraction of sp³-hybridized carbons (Fsp3) is 0. The van der Waals surface area contributed by atoms with Crippen LogP contribution in [0.1, 0.15) is 0 Å². The molecule has 3 heterocycles. The van der Waals surface area contributed by atoms with E-state index in [9.17, 15) is 0 Å². The van der Waals surface area contributed by atoms with Crippen molar-refractivity contribution in [2.24, 2.45) is 0 Å². The maximum atomic E-state index is 6.11. The second-order valence-electron chi connectivity index (χ2n) is 11.6. The van der Waals surface area contributed by atoms with Crippen molar-refractivity contribution in [1.82, 2.24) is 15.0 Å². The fourth-order valence-electron chi connectivity index (χ4n) is 6.67. The molecule has 0 atom stereocenters. The number of rotatable bonds is 3. The average Bonchev–Trinajstić information content (AvgIpc) is 3.69. The molecule has 4 nitrogen and oxygen atoms in total. The van der Waals surface area contributed by atoms with Gasteiger partial charge in [0.1, 0.15) is 5.58 Å². The van der Waals surface area contributed by atoms with Gasteiger partial charge >= 0.3 is 236 Å². The van der Waals surface area contributed by atoms with E-state index in [2.05, 4.69) is 78.9 Å². The number of nitrogens with zero attached hydrogens (tertiary/aromatic N) is 3. The standard InChI is InChI=1S/C41H23N3OSe/c1-2-8-26(9-3-1)39-42-40(44-41(43-39)28-19-21-35-33(23-28)29-10-4-6-12-34(29)45-35)27-17-15-24-14-16-25-18-20-31-30-11-5-7-13-36(30)46-38(31)37(25)32(24)22-27/h1-23H. The Morgan fingerprint density at radius 1 is 0.413 bits per heavy atom. The van der Waals surface area contributed by atoms with Gasteiger partial charge in [-0.25, -0.2) is 0 Å². The number of furan rings is 1. The van der Waals surface area contributed by atoms with Crippen molar-refractivity contribution >= 4 is 77.3 Å². The Morgan fingerprint density at radius 2 is 1.02 bits per heavy atom. The first kappa shape index (κ1) is 25.7. The molecule has 0 amide bonds. The Bertz CT molecular complexity index is 2820. The molecule has 0 aliphatic rings. The number of fused-ring (bicyclic) bond motifs is 10. The maximum absolute atomic E-state index is 6.11. The van der Waals surface area contributed by atoms with Gasteiger partial charge in [-0.3, -0.25) is 0 Å². The Kier molecular flexibility index (Phi) is 5.56. The Labute approximate surface area is 269 Å². The van der Waals surface area contributed by atoms with Gasteiger partial charge in [-0.05, 0) is 6.07 Å². The Hall–Kier alpha value is -5.61. The summed E-state index contributed by atoms with van der Waals surface area (Å²) in [6.45, 7) is 0. The molecule has 10 aromatic rings. The van der Waals surface area contributed by atoms with Crippen molar-refractivity contribution in [3.8, 4) is 34.2 Å². The van der Waals surface area contributed by atoms with Gasteiger partial charge in [0, 0.05) is 0 Å². The molecule has 0 saturated carbocycles. The third kappa shape index (κ3) is 3.96. The van der Waals surface area contributed by atoms with Crippen LogP contribution in [0.25, 0.3) is 96.9 Å². The summed E-state index contributed by atoms with van der Waals surface area (Å²) in [5.74, 6) is 1.94. The zero-order valence-electron chi connectivity index (χ0n) is 24.4. The molecule has 0 unspecified atom stereocenters. The van der Waals surface area contributed by atoms with Crippen LogP contribution in [0, 0.1) is 0 Å². The van der Waals surface area contributed by atoms with Gasteiger partial charge in [0.25, 0.3) is 0 Å². The Morgan fingerprint density at radius 3 is 1.87 bits per heavy atom. The molecular formula is C41H23N3OSe. The van der Waals surface area contributed by atoms with Crippen LogP contribution in [0.4, 0.5) is 0 Å². The molecule has 0 N–H and O–H groups in total. The fourth-order valence-corrected chi connectivity index (χ4v) is 9.34. The van der Waals surface area contributed by atoms with Crippen LogP contribution < -0.4 is 0 Å². The molecule has 0 saturated heterocycles. The first-order valence-electron chi connectivity index (χ1n) is 15.3. The van der Waals surface area contributed by atoms with E-state index in [1.54, 1.807) is 0 Å². The summed E-state index contributed by atoms with van der Waals surface area (Å²) in [6, 6.07) is 48.9. The molecule has 5 heteroatoms. The van der Waals surface area contributed by atoms with Crippen LogP contribution in [0.2, 0.25) is 0 Å². The van der Waals surface area contributed by atoms with Crippen LogP contribution >= 0.6 is 0 Å². The predicted octanol–water partition coefficient (Wildman–Crippen LogP) is 10.4. The van der Waals surface area contributed by atoms with Crippen molar-refractivity contribution in [2.45, 2.75) is 0 Å². The van der Waals surface area contributed by atoms with E-state index in [-0.39, 0.29) is 14.5 Å². The van der Waals surface area contributed by atoms with E-state index >= 15 is 0 Å². The number of hydrogen-bond acceptors (Lipinski definition) is 4.